The van der Waals surface area contributed by atoms with Crippen molar-refractivity contribution in [2.24, 2.45) is 0 Å². The highest BCUT2D eigenvalue weighted by atomic mass is 16.5. The Bertz CT molecular complexity index is 979. The second-order valence-electron chi connectivity index (χ2n) is 7.14. The van der Waals surface area contributed by atoms with Gasteiger partial charge in [-0.1, -0.05) is 18.2 Å². The van der Waals surface area contributed by atoms with E-state index in [4.69, 9.17) is 4.74 Å². The number of nitrogens with zero attached hydrogens (tertiary/aromatic N) is 3. The molecule has 2 aromatic heterocycles. The summed E-state index contributed by atoms with van der Waals surface area (Å²) >= 11 is 0. The third-order valence-electron chi connectivity index (χ3n) is 4.41. The Labute approximate surface area is 151 Å². The summed E-state index contributed by atoms with van der Waals surface area (Å²) < 4.78 is 7.85. The number of anilines is 1. The third kappa shape index (κ3) is 2.96. The minimum atomic E-state index is -0.313. The molecule has 1 atom stereocenters. The fourth-order valence-electron chi connectivity index (χ4n) is 3.29. The number of amides is 2. The van der Waals surface area contributed by atoms with Gasteiger partial charge in [0.1, 0.15) is 11.4 Å². The number of ether oxygens (including phenoxy) is 1. The largest absolute Gasteiger partial charge is 0.485 e. The monoisotopic (exact) mass is 351 g/mol. The van der Waals surface area contributed by atoms with Crippen molar-refractivity contribution in [1.82, 2.24) is 19.9 Å². The average molecular weight is 351 g/mol. The quantitative estimate of drug-likeness (QED) is 0.758. The normalized spacial score (nSPS) is 16.0. The van der Waals surface area contributed by atoms with Gasteiger partial charge in [-0.3, -0.25) is 4.40 Å². The summed E-state index contributed by atoms with van der Waals surface area (Å²) in [5.41, 5.74) is 2.26. The Balaban J connectivity index is 1.49. The molecule has 0 bridgehead atoms. The molecule has 0 spiro atoms. The van der Waals surface area contributed by atoms with E-state index in [2.05, 4.69) is 20.8 Å². The molecule has 0 saturated heterocycles. The van der Waals surface area contributed by atoms with Crippen molar-refractivity contribution in [2.75, 3.05) is 5.32 Å². The zero-order valence-electron chi connectivity index (χ0n) is 15.0. The van der Waals surface area contributed by atoms with E-state index in [0.717, 1.165) is 23.4 Å². The molecule has 0 radical (unpaired) electrons. The maximum atomic E-state index is 12.5. The van der Waals surface area contributed by atoms with Gasteiger partial charge < -0.3 is 15.4 Å². The van der Waals surface area contributed by atoms with Crippen LogP contribution in [-0.4, -0.2) is 26.2 Å². The minimum absolute atomic E-state index is 0.260. The van der Waals surface area contributed by atoms with Crippen LogP contribution in [-0.2, 0) is 6.42 Å². The van der Waals surface area contributed by atoms with Gasteiger partial charge in [-0.05, 0) is 39.0 Å². The Kier molecular flexibility index (Phi) is 3.79. The fraction of sp³-hybridized carbons (Fsp3) is 0.316. The van der Waals surface area contributed by atoms with Crippen LogP contribution in [0.3, 0.4) is 0 Å². The van der Waals surface area contributed by atoms with Gasteiger partial charge in [0.05, 0.1) is 11.7 Å². The molecule has 0 unspecified atom stereocenters. The molecular weight excluding hydrogens is 330 g/mol. The van der Waals surface area contributed by atoms with Gasteiger partial charge in [0.15, 0.2) is 11.5 Å². The summed E-state index contributed by atoms with van der Waals surface area (Å²) in [6, 6.07) is 10.8. The van der Waals surface area contributed by atoms with Crippen molar-refractivity contribution in [3.05, 3.63) is 54.0 Å². The van der Waals surface area contributed by atoms with E-state index in [1.807, 2.05) is 67.8 Å². The molecule has 7 heteroatoms. The van der Waals surface area contributed by atoms with E-state index in [9.17, 15) is 4.79 Å². The zero-order valence-corrected chi connectivity index (χ0v) is 15.0. The standard InChI is InChI=1S/C19H21N5O2/c1-12(17-23-22-15-9-4-5-10-24(15)17)20-18(25)21-14-8-6-7-13-11-19(2,3)26-16(13)14/h4-10,12H,11H2,1-3H3,(H2,20,21,25)/t12-/m0/s1. The van der Waals surface area contributed by atoms with Crippen molar-refractivity contribution in [3.63, 3.8) is 0 Å². The number of carbonyl (C=O) groups excluding carboxylic acids is 1. The predicted octanol–water partition coefficient (Wildman–Crippen LogP) is 3.33. The molecule has 0 fully saturated rings. The van der Waals surface area contributed by atoms with Gasteiger partial charge in [-0.15, -0.1) is 10.2 Å². The zero-order chi connectivity index (χ0) is 18.3. The van der Waals surface area contributed by atoms with Crippen LogP contribution in [0.5, 0.6) is 5.75 Å². The molecule has 0 aliphatic carbocycles. The molecule has 26 heavy (non-hydrogen) atoms. The number of hydrogen-bond acceptors (Lipinski definition) is 4. The second kappa shape index (κ2) is 6.01. The molecular formula is C19H21N5O2. The van der Waals surface area contributed by atoms with Gasteiger partial charge in [-0.2, -0.15) is 0 Å². The highest BCUT2D eigenvalue weighted by Gasteiger charge is 2.32. The lowest BCUT2D eigenvalue weighted by molar-refractivity contribution is 0.139. The lowest BCUT2D eigenvalue weighted by atomic mass is 10.0. The van der Waals surface area contributed by atoms with E-state index < -0.39 is 0 Å². The number of fused-ring (bicyclic) bond motifs is 2. The van der Waals surface area contributed by atoms with Crippen LogP contribution in [0.4, 0.5) is 10.5 Å². The van der Waals surface area contributed by atoms with Crippen molar-refractivity contribution in [3.8, 4) is 5.75 Å². The number of para-hydroxylation sites is 1. The number of carbonyl (C=O) groups is 1. The van der Waals surface area contributed by atoms with Crippen molar-refractivity contribution in [1.29, 1.82) is 0 Å². The highest BCUT2D eigenvalue weighted by Crippen LogP contribution is 2.40. The maximum absolute atomic E-state index is 12.5. The van der Waals surface area contributed by atoms with E-state index in [0.29, 0.717) is 11.5 Å². The van der Waals surface area contributed by atoms with Gasteiger partial charge in [-0.25, -0.2) is 4.79 Å². The Hall–Kier alpha value is -3.09. The number of rotatable bonds is 3. The fourth-order valence-corrected chi connectivity index (χ4v) is 3.29. The van der Waals surface area contributed by atoms with Crippen LogP contribution in [0.2, 0.25) is 0 Å². The predicted molar refractivity (Wildman–Crippen MR) is 98.4 cm³/mol. The third-order valence-corrected chi connectivity index (χ3v) is 4.41. The Morgan fingerprint density at radius 1 is 1.23 bits per heavy atom. The van der Waals surface area contributed by atoms with Gasteiger partial charge in [0.2, 0.25) is 0 Å². The molecule has 1 aliphatic heterocycles. The summed E-state index contributed by atoms with van der Waals surface area (Å²) in [6.07, 6.45) is 2.70. The summed E-state index contributed by atoms with van der Waals surface area (Å²) in [6.45, 7) is 5.95. The maximum Gasteiger partial charge on any atom is 0.319 e. The van der Waals surface area contributed by atoms with Crippen LogP contribution in [0.1, 0.15) is 38.2 Å². The average Bonchev–Trinajstić information content (AvgIpc) is 3.14. The van der Waals surface area contributed by atoms with Crippen LogP contribution >= 0.6 is 0 Å². The first-order chi connectivity index (χ1) is 12.4. The molecule has 2 amide bonds. The van der Waals surface area contributed by atoms with E-state index >= 15 is 0 Å². The van der Waals surface area contributed by atoms with Crippen LogP contribution < -0.4 is 15.4 Å². The van der Waals surface area contributed by atoms with E-state index in [-0.39, 0.29) is 17.7 Å². The first-order valence-corrected chi connectivity index (χ1v) is 8.61. The van der Waals surface area contributed by atoms with E-state index in [1.54, 1.807) is 0 Å². The summed E-state index contributed by atoms with van der Waals surface area (Å²) in [5, 5.41) is 14.1. The molecule has 4 rings (SSSR count). The minimum Gasteiger partial charge on any atom is -0.485 e. The lowest BCUT2D eigenvalue weighted by Gasteiger charge is -2.19. The number of hydrogen-bond donors (Lipinski definition) is 2. The first kappa shape index (κ1) is 16.4. The second-order valence-corrected chi connectivity index (χ2v) is 7.14. The number of urea groups is 1. The Morgan fingerprint density at radius 2 is 2.08 bits per heavy atom. The summed E-state index contributed by atoms with van der Waals surface area (Å²) in [5.74, 6) is 1.42. The van der Waals surface area contributed by atoms with Crippen LogP contribution in [0, 0.1) is 0 Å². The summed E-state index contributed by atoms with van der Waals surface area (Å²) in [7, 11) is 0. The van der Waals surface area contributed by atoms with Gasteiger partial charge in [0, 0.05) is 18.2 Å². The summed E-state index contributed by atoms with van der Waals surface area (Å²) in [4.78, 5) is 12.5. The van der Waals surface area contributed by atoms with Crippen LogP contribution in [0.25, 0.3) is 5.65 Å². The molecule has 1 aromatic carbocycles. The van der Waals surface area contributed by atoms with E-state index in [1.165, 1.54) is 0 Å². The number of nitrogens with one attached hydrogen (secondary N) is 2. The molecule has 0 saturated carbocycles. The lowest BCUT2D eigenvalue weighted by Crippen LogP contribution is -2.32. The molecule has 1 aliphatic rings. The topological polar surface area (TPSA) is 80.5 Å². The number of aromatic nitrogens is 3. The van der Waals surface area contributed by atoms with Gasteiger partial charge in [0.25, 0.3) is 0 Å². The van der Waals surface area contributed by atoms with Crippen molar-refractivity contribution in [2.45, 2.75) is 38.8 Å². The number of pyridine rings is 1. The molecule has 3 aromatic rings. The molecule has 7 nitrogen and oxygen atoms in total. The SMILES string of the molecule is C[C@H](NC(=O)Nc1cccc2c1OC(C)(C)C2)c1nnc2ccccn12. The van der Waals surface area contributed by atoms with Crippen molar-refractivity contribution >= 4 is 17.4 Å². The van der Waals surface area contributed by atoms with Gasteiger partial charge >= 0.3 is 6.03 Å². The Morgan fingerprint density at radius 3 is 2.92 bits per heavy atom. The smallest absolute Gasteiger partial charge is 0.319 e. The van der Waals surface area contributed by atoms with Crippen molar-refractivity contribution < 1.29 is 9.53 Å². The first-order valence-electron chi connectivity index (χ1n) is 8.61. The van der Waals surface area contributed by atoms with Crippen LogP contribution in [0.15, 0.2) is 42.6 Å². The highest BCUT2D eigenvalue weighted by molar-refractivity contribution is 5.91. The molecule has 2 N–H and O–H groups in total. The molecule has 3 heterocycles. The number of benzene rings is 1. The molecule has 134 valence electrons.